The molecule has 28 heavy (non-hydrogen) atoms. The van der Waals surface area contributed by atoms with Crippen molar-refractivity contribution in [3.05, 3.63) is 52.8 Å². The van der Waals surface area contributed by atoms with E-state index in [1.807, 2.05) is 17.9 Å². The van der Waals surface area contributed by atoms with Gasteiger partial charge in [0.25, 0.3) is 0 Å². The minimum absolute atomic E-state index is 0.833. The van der Waals surface area contributed by atoms with Crippen molar-refractivity contribution >= 4 is 0 Å². The third-order valence-electron chi connectivity index (χ3n) is 6.84. The van der Waals surface area contributed by atoms with Crippen LogP contribution in [0, 0.1) is 12.8 Å². The third-order valence-corrected chi connectivity index (χ3v) is 6.84. The molecule has 1 aromatic heterocycles. The molecule has 4 nitrogen and oxygen atoms in total. The lowest BCUT2D eigenvalue weighted by Crippen LogP contribution is -2.34. The normalized spacial score (nSPS) is 19.9. The van der Waals surface area contributed by atoms with Crippen molar-refractivity contribution in [2.24, 2.45) is 13.0 Å². The summed E-state index contributed by atoms with van der Waals surface area (Å²) in [4.78, 5) is 5.21. The average Bonchev–Trinajstić information content (AvgIpc) is 3.04. The molecule has 2 fully saturated rings. The number of piperidine rings is 2. The summed E-state index contributed by atoms with van der Waals surface area (Å²) in [5, 5.41) is 4.38. The number of rotatable bonds is 6. The van der Waals surface area contributed by atoms with Crippen LogP contribution in [0.3, 0.4) is 0 Å². The van der Waals surface area contributed by atoms with Crippen LogP contribution >= 0.6 is 0 Å². The summed E-state index contributed by atoms with van der Waals surface area (Å²) in [5.74, 6) is 0.833. The Morgan fingerprint density at radius 3 is 2.14 bits per heavy atom. The van der Waals surface area contributed by atoms with Crippen molar-refractivity contribution in [3.63, 3.8) is 0 Å². The molecular formula is C24H36N4. The fraction of sp³-hybridized carbons (Fsp3) is 0.625. The van der Waals surface area contributed by atoms with Gasteiger partial charge >= 0.3 is 0 Å². The van der Waals surface area contributed by atoms with E-state index in [2.05, 4.69) is 46.1 Å². The lowest BCUT2D eigenvalue weighted by Gasteiger charge is -2.32. The van der Waals surface area contributed by atoms with Crippen LogP contribution in [0.5, 0.6) is 0 Å². The fourth-order valence-electron chi connectivity index (χ4n) is 4.78. The van der Waals surface area contributed by atoms with Gasteiger partial charge in [0.1, 0.15) is 0 Å². The van der Waals surface area contributed by atoms with Crippen molar-refractivity contribution in [1.29, 1.82) is 0 Å². The molecule has 1 aromatic carbocycles. The van der Waals surface area contributed by atoms with Crippen LogP contribution in [-0.2, 0) is 26.6 Å². The largest absolute Gasteiger partial charge is 0.299 e. The van der Waals surface area contributed by atoms with E-state index in [4.69, 9.17) is 0 Å². The lowest BCUT2D eigenvalue weighted by molar-refractivity contribution is 0.176. The molecule has 0 atom stereocenters. The SMILES string of the molecule is Cc1c(CN2CCC(Cc3ccc(CN4CCCCC4)cc3)CC2)cnn1C. The van der Waals surface area contributed by atoms with Crippen molar-refractivity contribution < 1.29 is 0 Å². The Kier molecular flexibility index (Phi) is 6.48. The van der Waals surface area contributed by atoms with Gasteiger partial charge in [-0.2, -0.15) is 5.10 Å². The smallest absolute Gasteiger partial charge is 0.0537 e. The molecule has 2 saturated heterocycles. The molecule has 3 heterocycles. The van der Waals surface area contributed by atoms with Crippen LogP contribution in [0.25, 0.3) is 0 Å². The highest BCUT2D eigenvalue weighted by Gasteiger charge is 2.20. The quantitative estimate of drug-likeness (QED) is 0.752. The highest BCUT2D eigenvalue weighted by Crippen LogP contribution is 2.24. The van der Waals surface area contributed by atoms with Crippen LogP contribution in [0.15, 0.2) is 30.5 Å². The maximum absolute atomic E-state index is 4.38. The molecule has 2 aliphatic heterocycles. The molecule has 2 aromatic rings. The molecular weight excluding hydrogens is 344 g/mol. The topological polar surface area (TPSA) is 24.3 Å². The molecule has 0 bridgehead atoms. The molecule has 0 spiro atoms. The zero-order chi connectivity index (χ0) is 19.3. The number of hydrogen-bond donors (Lipinski definition) is 0. The third kappa shape index (κ3) is 5.03. The first kappa shape index (κ1) is 19.7. The van der Waals surface area contributed by atoms with Gasteiger partial charge in [0.2, 0.25) is 0 Å². The zero-order valence-electron chi connectivity index (χ0n) is 17.7. The molecule has 4 rings (SSSR count). The first-order valence-corrected chi connectivity index (χ1v) is 11.2. The van der Waals surface area contributed by atoms with Crippen LogP contribution < -0.4 is 0 Å². The first-order chi connectivity index (χ1) is 13.7. The standard InChI is InChI=1S/C24H36N4/c1-20-24(17-25-26(20)2)19-28-14-10-22(11-15-28)16-21-6-8-23(9-7-21)18-27-12-4-3-5-13-27/h6-9,17,22H,3-5,10-16,18-19H2,1-2H3. The van der Waals surface area contributed by atoms with Gasteiger partial charge in [-0.15, -0.1) is 0 Å². The summed E-state index contributed by atoms with van der Waals surface area (Å²) >= 11 is 0. The summed E-state index contributed by atoms with van der Waals surface area (Å²) < 4.78 is 1.98. The molecule has 2 aliphatic rings. The minimum atomic E-state index is 0.833. The molecule has 0 amide bonds. The number of nitrogens with zero attached hydrogens (tertiary/aromatic N) is 4. The van der Waals surface area contributed by atoms with Gasteiger partial charge in [-0.1, -0.05) is 30.7 Å². The van der Waals surface area contributed by atoms with E-state index in [0.717, 1.165) is 19.0 Å². The second-order valence-corrected chi connectivity index (χ2v) is 8.96. The van der Waals surface area contributed by atoms with Gasteiger partial charge < -0.3 is 0 Å². The number of benzene rings is 1. The molecule has 0 N–H and O–H groups in total. The van der Waals surface area contributed by atoms with Gasteiger partial charge in [0, 0.05) is 31.4 Å². The molecule has 0 radical (unpaired) electrons. The Morgan fingerprint density at radius 1 is 0.857 bits per heavy atom. The van der Waals surface area contributed by atoms with E-state index in [9.17, 15) is 0 Å². The first-order valence-electron chi connectivity index (χ1n) is 11.2. The van der Waals surface area contributed by atoms with Crippen molar-refractivity contribution in [3.8, 4) is 0 Å². The van der Waals surface area contributed by atoms with E-state index in [1.165, 1.54) is 87.1 Å². The second kappa shape index (κ2) is 9.23. The van der Waals surface area contributed by atoms with E-state index in [0.29, 0.717) is 0 Å². The van der Waals surface area contributed by atoms with Crippen LogP contribution in [-0.4, -0.2) is 45.8 Å². The van der Waals surface area contributed by atoms with E-state index in [1.54, 1.807) is 0 Å². The van der Waals surface area contributed by atoms with Gasteiger partial charge in [0.05, 0.1) is 6.20 Å². The fourth-order valence-corrected chi connectivity index (χ4v) is 4.78. The van der Waals surface area contributed by atoms with E-state index >= 15 is 0 Å². The number of hydrogen-bond acceptors (Lipinski definition) is 3. The Bertz CT molecular complexity index is 734. The monoisotopic (exact) mass is 380 g/mol. The summed E-state index contributed by atoms with van der Waals surface area (Å²) in [6.45, 7) is 9.34. The predicted octanol–water partition coefficient (Wildman–Crippen LogP) is 4.17. The number of likely N-dealkylation sites (tertiary alicyclic amines) is 2. The number of aryl methyl sites for hydroxylation is 1. The predicted molar refractivity (Wildman–Crippen MR) is 115 cm³/mol. The van der Waals surface area contributed by atoms with Crippen LogP contribution in [0.4, 0.5) is 0 Å². The summed E-state index contributed by atoms with van der Waals surface area (Å²) in [6.07, 6.45) is 10.1. The van der Waals surface area contributed by atoms with Gasteiger partial charge in [-0.25, -0.2) is 0 Å². The Balaban J connectivity index is 1.22. The molecule has 0 saturated carbocycles. The summed E-state index contributed by atoms with van der Waals surface area (Å²) in [7, 11) is 2.03. The van der Waals surface area contributed by atoms with Gasteiger partial charge in [0.15, 0.2) is 0 Å². The molecule has 0 aliphatic carbocycles. The van der Waals surface area contributed by atoms with Gasteiger partial charge in [-0.3, -0.25) is 14.5 Å². The minimum Gasteiger partial charge on any atom is -0.299 e. The molecule has 0 unspecified atom stereocenters. The Labute approximate surface area is 170 Å². The summed E-state index contributed by atoms with van der Waals surface area (Å²) in [5.41, 5.74) is 5.67. The average molecular weight is 381 g/mol. The van der Waals surface area contributed by atoms with Crippen LogP contribution in [0.2, 0.25) is 0 Å². The highest BCUT2D eigenvalue weighted by molar-refractivity contribution is 5.23. The lowest BCUT2D eigenvalue weighted by atomic mass is 9.89. The number of aromatic nitrogens is 2. The van der Waals surface area contributed by atoms with Crippen LogP contribution in [0.1, 0.15) is 54.5 Å². The summed E-state index contributed by atoms with van der Waals surface area (Å²) in [6, 6.07) is 9.49. The molecule has 4 heteroatoms. The van der Waals surface area contributed by atoms with E-state index in [-0.39, 0.29) is 0 Å². The van der Waals surface area contributed by atoms with Crippen molar-refractivity contribution in [2.45, 2.75) is 58.5 Å². The molecule has 152 valence electrons. The van der Waals surface area contributed by atoms with Crippen molar-refractivity contribution in [2.75, 3.05) is 26.2 Å². The second-order valence-electron chi connectivity index (χ2n) is 8.96. The Hall–Kier alpha value is -1.65. The Morgan fingerprint density at radius 2 is 1.50 bits per heavy atom. The maximum Gasteiger partial charge on any atom is 0.0537 e. The maximum atomic E-state index is 4.38. The highest BCUT2D eigenvalue weighted by atomic mass is 15.3. The van der Waals surface area contributed by atoms with Gasteiger partial charge in [-0.05, 0) is 82.3 Å². The van der Waals surface area contributed by atoms with Crippen molar-refractivity contribution in [1.82, 2.24) is 19.6 Å². The zero-order valence-corrected chi connectivity index (χ0v) is 17.7. The van der Waals surface area contributed by atoms with E-state index < -0.39 is 0 Å².